The van der Waals surface area contributed by atoms with Gasteiger partial charge in [0.15, 0.2) is 0 Å². The number of nitrogens with zero attached hydrogens (tertiary/aromatic N) is 1. The third kappa shape index (κ3) is 3.97. The first-order chi connectivity index (χ1) is 10.3. The Hall–Kier alpha value is -2.04. The van der Waals surface area contributed by atoms with Crippen LogP contribution in [0.3, 0.4) is 0 Å². The number of benzene rings is 1. The van der Waals surface area contributed by atoms with Gasteiger partial charge in [0, 0.05) is 12.1 Å². The maximum Gasteiger partial charge on any atom is 0.262 e. The third-order valence-corrected chi connectivity index (χ3v) is 3.20. The maximum absolute atomic E-state index is 12.0. The van der Waals surface area contributed by atoms with E-state index in [4.69, 9.17) is 9.47 Å². The van der Waals surface area contributed by atoms with Crippen LogP contribution < -0.4 is 15.0 Å². The lowest BCUT2D eigenvalue weighted by Gasteiger charge is -2.11. The number of rotatable bonds is 8. The van der Waals surface area contributed by atoms with Crippen LogP contribution in [0, 0.1) is 0 Å². The number of hydrogen-bond donors (Lipinski definition) is 1. The van der Waals surface area contributed by atoms with Crippen LogP contribution in [0.4, 0.5) is 0 Å². The van der Waals surface area contributed by atoms with Gasteiger partial charge in [0.25, 0.3) is 5.56 Å². The highest BCUT2D eigenvalue weighted by atomic mass is 16.5. The molecule has 1 aromatic carbocycles. The van der Waals surface area contributed by atoms with Crippen LogP contribution in [-0.2, 0) is 0 Å². The summed E-state index contributed by atoms with van der Waals surface area (Å²) in [6.07, 6.45) is 5.45. The number of ether oxygens (including phenoxy) is 2. The standard InChI is InChI=1S/C16H22N2O3/c1-3-5-7-20-12-9-13-15(16(19)18-11-17-13)14(10-12)21-8-6-4-2/h9-11H,3-8H2,1-2H3,(H,17,18,19). The van der Waals surface area contributed by atoms with Gasteiger partial charge in [0.05, 0.1) is 25.1 Å². The smallest absolute Gasteiger partial charge is 0.262 e. The second kappa shape index (κ2) is 7.67. The highest BCUT2D eigenvalue weighted by Gasteiger charge is 2.11. The monoisotopic (exact) mass is 290 g/mol. The van der Waals surface area contributed by atoms with Crippen molar-refractivity contribution in [2.45, 2.75) is 39.5 Å². The van der Waals surface area contributed by atoms with E-state index in [-0.39, 0.29) is 5.56 Å². The fourth-order valence-electron chi connectivity index (χ4n) is 2.00. The van der Waals surface area contributed by atoms with Crippen LogP contribution in [0.15, 0.2) is 23.3 Å². The van der Waals surface area contributed by atoms with Crippen LogP contribution in [-0.4, -0.2) is 23.2 Å². The normalized spacial score (nSPS) is 10.8. The van der Waals surface area contributed by atoms with Gasteiger partial charge in [0.1, 0.15) is 16.9 Å². The van der Waals surface area contributed by atoms with E-state index in [0.717, 1.165) is 25.7 Å². The Morgan fingerprint density at radius 2 is 1.81 bits per heavy atom. The first-order valence-corrected chi connectivity index (χ1v) is 7.53. The van der Waals surface area contributed by atoms with Gasteiger partial charge in [-0.1, -0.05) is 26.7 Å². The Bertz CT molecular complexity index is 637. The number of aromatic amines is 1. The molecule has 0 fully saturated rings. The summed E-state index contributed by atoms with van der Waals surface area (Å²) in [5.41, 5.74) is 0.408. The topological polar surface area (TPSA) is 64.2 Å². The highest BCUT2D eigenvalue weighted by Crippen LogP contribution is 2.28. The molecule has 0 unspecified atom stereocenters. The molecule has 0 saturated carbocycles. The molecule has 0 aliphatic carbocycles. The zero-order chi connectivity index (χ0) is 15.1. The molecule has 1 N–H and O–H groups in total. The van der Waals surface area contributed by atoms with Gasteiger partial charge in [-0.2, -0.15) is 0 Å². The molecular formula is C16H22N2O3. The van der Waals surface area contributed by atoms with Crippen LogP contribution in [0.25, 0.3) is 10.9 Å². The summed E-state index contributed by atoms with van der Waals surface area (Å²) in [4.78, 5) is 18.8. The summed E-state index contributed by atoms with van der Waals surface area (Å²) in [7, 11) is 0. The molecule has 5 heteroatoms. The van der Waals surface area contributed by atoms with E-state index in [1.165, 1.54) is 6.33 Å². The average molecular weight is 290 g/mol. The zero-order valence-corrected chi connectivity index (χ0v) is 12.6. The lowest BCUT2D eigenvalue weighted by Crippen LogP contribution is -2.10. The quantitative estimate of drug-likeness (QED) is 0.758. The number of fused-ring (bicyclic) bond motifs is 1. The Balaban J connectivity index is 2.33. The average Bonchev–Trinajstić information content (AvgIpc) is 2.48. The fraction of sp³-hybridized carbons (Fsp3) is 0.500. The van der Waals surface area contributed by atoms with Crippen LogP contribution >= 0.6 is 0 Å². The minimum Gasteiger partial charge on any atom is -0.493 e. The minimum absolute atomic E-state index is 0.188. The molecule has 0 amide bonds. The van der Waals surface area contributed by atoms with Crippen molar-refractivity contribution in [2.24, 2.45) is 0 Å². The first-order valence-electron chi connectivity index (χ1n) is 7.53. The number of aromatic nitrogens is 2. The van der Waals surface area contributed by atoms with E-state index in [1.807, 2.05) is 0 Å². The zero-order valence-electron chi connectivity index (χ0n) is 12.6. The molecule has 0 bridgehead atoms. The van der Waals surface area contributed by atoms with E-state index in [1.54, 1.807) is 12.1 Å². The van der Waals surface area contributed by atoms with Crippen molar-refractivity contribution in [3.63, 3.8) is 0 Å². The van der Waals surface area contributed by atoms with Gasteiger partial charge < -0.3 is 14.5 Å². The van der Waals surface area contributed by atoms with E-state index in [9.17, 15) is 4.79 Å². The molecule has 0 saturated heterocycles. The van der Waals surface area contributed by atoms with Gasteiger partial charge in [-0.25, -0.2) is 4.98 Å². The van der Waals surface area contributed by atoms with Gasteiger partial charge in [-0.3, -0.25) is 4.79 Å². The number of hydrogen-bond acceptors (Lipinski definition) is 4. The molecule has 21 heavy (non-hydrogen) atoms. The van der Waals surface area contributed by atoms with E-state index in [2.05, 4.69) is 23.8 Å². The van der Waals surface area contributed by atoms with Crippen molar-refractivity contribution in [3.8, 4) is 11.5 Å². The number of unbranched alkanes of at least 4 members (excludes halogenated alkanes) is 2. The lowest BCUT2D eigenvalue weighted by molar-refractivity contribution is 0.296. The summed E-state index contributed by atoms with van der Waals surface area (Å²) < 4.78 is 11.5. The molecule has 2 aromatic rings. The predicted octanol–water partition coefficient (Wildman–Crippen LogP) is 3.28. The molecule has 1 aromatic heterocycles. The lowest BCUT2D eigenvalue weighted by atomic mass is 10.2. The Morgan fingerprint density at radius 3 is 2.52 bits per heavy atom. The van der Waals surface area contributed by atoms with Crippen molar-refractivity contribution >= 4 is 10.9 Å². The Labute approximate surface area is 124 Å². The van der Waals surface area contributed by atoms with Gasteiger partial charge >= 0.3 is 0 Å². The second-order valence-corrected chi connectivity index (χ2v) is 4.95. The van der Waals surface area contributed by atoms with E-state index in [0.29, 0.717) is 35.6 Å². The fourth-order valence-corrected chi connectivity index (χ4v) is 2.00. The highest BCUT2D eigenvalue weighted by molar-refractivity contribution is 5.85. The van der Waals surface area contributed by atoms with Crippen LogP contribution in [0.1, 0.15) is 39.5 Å². The molecule has 0 atom stereocenters. The molecule has 0 radical (unpaired) electrons. The van der Waals surface area contributed by atoms with Crippen molar-refractivity contribution in [2.75, 3.05) is 13.2 Å². The van der Waals surface area contributed by atoms with E-state index < -0.39 is 0 Å². The van der Waals surface area contributed by atoms with E-state index >= 15 is 0 Å². The number of H-pyrrole nitrogens is 1. The van der Waals surface area contributed by atoms with Crippen LogP contribution in [0.2, 0.25) is 0 Å². The Morgan fingerprint density at radius 1 is 1.10 bits per heavy atom. The molecule has 114 valence electrons. The van der Waals surface area contributed by atoms with Gasteiger partial charge in [0.2, 0.25) is 0 Å². The molecule has 0 aliphatic heterocycles. The SMILES string of the molecule is CCCCOc1cc(OCCCC)c2c(=O)[nH]cnc2c1. The predicted molar refractivity (Wildman–Crippen MR) is 83.2 cm³/mol. The van der Waals surface area contributed by atoms with Crippen molar-refractivity contribution in [3.05, 3.63) is 28.8 Å². The number of nitrogens with one attached hydrogen (secondary N) is 1. The Kier molecular flexibility index (Phi) is 5.60. The molecular weight excluding hydrogens is 268 g/mol. The summed E-state index contributed by atoms with van der Waals surface area (Å²) >= 11 is 0. The molecule has 0 aliphatic rings. The first kappa shape index (κ1) is 15.4. The largest absolute Gasteiger partial charge is 0.493 e. The maximum atomic E-state index is 12.0. The molecule has 0 spiro atoms. The molecule has 5 nitrogen and oxygen atoms in total. The summed E-state index contributed by atoms with van der Waals surface area (Å²) in [6.45, 7) is 5.45. The summed E-state index contributed by atoms with van der Waals surface area (Å²) in [6, 6.07) is 3.57. The second-order valence-electron chi connectivity index (χ2n) is 4.95. The van der Waals surface area contributed by atoms with Crippen molar-refractivity contribution in [1.29, 1.82) is 0 Å². The van der Waals surface area contributed by atoms with Crippen molar-refractivity contribution in [1.82, 2.24) is 9.97 Å². The van der Waals surface area contributed by atoms with Gasteiger partial charge in [-0.15, -0.1) is 0 Å². The van der Waals surface area contributed by atoms with Crippen LogP contribution in [0.5, 0.6) is 11.5 Å². The van der Waals surface area contributed by atoms with Gasteiger partial charge in [-0.05, 0) is 12.8 Å². The molecule has 2 rings (SSSR count). The summed E-state index contributed by atoms with van der Waals surface area (Å²) in [5.74, 6) is 1.24. The minimum atomic E-state index is -0.188. The summed E-state index contributed by atoms with van der Waals surface area (Å²) in [5, 5.41) is 0.483. The third-order valence-electron chi connectivity index (χ3n) is 3.20. The van der Waals surface area contributed by atoms with Crippen molar-refractivity contribution < 1.29 is 9.47 Å². The molecule has 1 heterocycles.